The molecular weight excluding hydrogens is 190 g/mol. The van der Waals surface area contributed by atoms with Crippen LogP contribution >= 0.6 is 11.6 Å². The topological polar surface area (TPSA) is 50.2 Å². The number of aromatic nitrogens is 1. The number of aryl methyl sites for hydroxylation is 1. The normalized spacial score (nSPS) is 14.2. The minimum absolute atomic E-state index is 0.105. The summed E-state index contributed by atoms with van der Waals surface area (Å²) in [5.74, 6) is -0.976. The van der Waals surface area contributed by atoms with Crippen LogP contribution in [0.15, 0.2) is 6.20 Å². The minimum atomic E-state index is -0.976. The standard InChI is InChI=1S/C9H8ClNO2/c10-8-7(9(12)13)6-3-1-2-5(6)4-11-8/h4H,1-3H2,(H,12,13). The summed E-state index contributed by atoms with van der Waals surface area (Å²) in [7, 11) is 0. The second-order valence-corrected chi connectivity index (χ2v) is 3.44. The molecule has 0 saturated heterocycles. The molecule has 1 aromatic rings. The highest BCUT2D eigenvalue weighted by Crippen LogP contribution is 2.28. The first-order chi connectivity index (χ1) is 6.20. The quantitative estimate of drug-likeness (QED) is 0.700. The van der Waals surface area contributed by atoms with Crippen LogP contribution in [0.25, 0.3) is 0 Å². The van der Waals surface area contributed by atoms with E-state index >= 15 is 0 Å². The van der Waals surface area contributed by atoms with Crippen LogP contribution in [0.5, 0.6) is 0 Å². The average Bonchev–Trinajstić information content (AvgIpc) is 2.50. The molecule has 0 amide bonds. The summed E-state index contributed by atoms with van der Waals surface area (Å²) in [6.45, 7) is 0. The lowest BCUT2D eigenvalue weighted by Gasteiger charge is -2.04. The summed E-state index contributed by atoms with van der Waals surface area (Å²) in [5, 5.41) is 9.01. The second-order valence-electron chi connectivity index (χ2n) is 3.09. The number of fused-ring (bicyclic) bond motifs is 1. The number of nitrogens with zero attached hydrogens (tertiary/aromatic N) is 1. The van der Waals surface area contributed by atoms with Crippen LogP contribution in [0, 0.1) is 0 Å². The Morgan fingerprint density at radius 2 is 2.31 bits per heavy atom. The van der Waals surface area contributed by atoms with Crippen LogP contribution in [-0.4, -0.2) is 16.1 Å². The molecule has 1 aliphatic carbocycles. The van der Waals surface area contributed by atoms with Gasteiger partial charge < -0.3 is 5.11 Å². The SMILES string of the molecule is O=C(O)c1c(Cl)ncc2c1CCC2. The first-order valence-electron chi connectivity index (χ1n) is 4.09. The van der Waals surface area contributed by atoms with Crippen molar-refractivity contribution in [2.75, 3.05) is 0 Å². The smallest absolute Gasteiger partial charge is 0.339 e. The van der Waals surface area contributed by atoms with Gasteiger partial charge in [0.25, 0.3) is 0 Å². The summed E-state index contributed by atoms with van der Waals surface area (Å²) in [4.78, 5) is 14.7. The first kappa shape index (κ1) is 8.51. The molecule has 2 rings (SSSR count). The fourth-order valence-corrected chi connectivity index (χ4v) is 1.98. The maximum Gasteiger partial charge on any atom is 0.339 e. The van der Waals surface area contributed by atoms with Crippen molar-refractivity contribution < 1.29 is 9.90 Å². The number of hydrogen-bond donors (Lipinski definition) is 1. The van der Waals surface area contributed by atoms with Crippen LogP contribution in [0.4, 0.5) is 0 Å². The van der Waals surface area contributed by atoms with E-state index in [2.05, 4.69) is 4.98 Å². The molecule has 4 heteroatoms. The Hall–Kier alpha value is -1.09. The van der Waals surface area contributed by atoms with Gasteiger partial charge in [-0.25, -0.2) is 9.78 Å². The van der Waals surface area contributed by atoms with Crippen molar-refractivity contribution in [2.45, 2.75) is 19.3 Å². The van der Waals surface area contributed by atoms with Gasteiger partial charge >= 0.3 is 5.97 Å². The van der Waals surface area contributed by atoms with E-state index in [1.165, 1.54) is 0 Å². The molecule has 1 N–H and O–H groups in total. The third-order valence-corrected chi connectivity index (χ3v) is 2.60. The lowest BCUT2D eigenvalue weighted by atomic mass is 10.1. The van der Waals surface area contributed by atoms with E-state index in [4.69, 9.17) is 16.7 Å². The molecule has 0 unspecified atom stereocenters. The zero-order valence-corrected chi connectivity index (χ0v) is 7.64. The number of pyridine rings is 1. The molecule has 1 aliphatic rings. The maximum atomic E-state index is 10.9. The highest BCUT2D eigenvalue weighted by molar-refractivity contribution is 6.32. The summed E-state index contributed by atoms with van der Waals surface area (Å²) in [6, 6.07) is 0. The van der Waals surface area contributed by atoms with E-state index in [1.54, 1.807) is 6.20 Å². The third-order valence-electron chi connectivity index (χ3n) is 2.32. The number of carbonyl (C=O) groups is 1. The van der Waals surface area contributed by atoms with Gasteiger partial charge in [-0.1, -0.05) is 11.6 Å². The fraction of sp³-hybridized carbons (Fsp3) is 0.333. The predicted octanol–water partition coefficient (Wildman–Crippen LogP) is 1.92. The summed E-state index contributed by atoms with van der Waals surface area (Å²) in [5.41, 5.74) is 2.09. The van der Waals surface area contributed by atoms with Crippen LogP contribution in [0.3, 0.4) is 0 Å². The Kier molecular flexibility index (Phi) is 1.96. The van der Waals surface area contributed by atoms with Gasteiger partial charge in [-0.2, -0.15) is 0 Å². The minimum Gasteiger partial charge on any atom is -0.478 e. The number of aromatic carboxylic acids is 1. The van der Waals surface area contributed by atoms with E-state index < -0.39 is 5.97 Å². The molecule has 0 radical (unpaired) electrons. The molecule has 13 heavy (non-hydrogen) atoms. The van der Waals surface area contributed by atoms with E-state index in [-0.39, 0.29) is 10.7 Å². The molecule has 0 fully saturated rings. The molecule has 68 valence electrons. The number of halogens is 1. The monoisotopic (exact) mass is 197 g/mol. The summed E-state index contributed by atoms with van der Waals surface area (Å²) >= 11 is 5.71. The van der Waals surface area contributed by atoms with E-state index in [0.29, 0.717) is 0 Å². The van der Waals surface area contributed by atoms with Gasteiger partial charge in [0, 0.05) is 6.20 Å². The van der Waals surface area contributed by atoms with Crippen molar-refractivity contribution >= 4 is 17.6 Å². The van der Waals surface area contributed by atoms with Crippen molar-refractivity contribution in [1.29, 1.82) is 0 Å². The Balaban J connectivity index is 2.65. The van der Waals surface area contributed by atoms with Crippen LogP contribution in [0.1, 0.15) is 27.9 Å². The van der Waals surface area contributed by atoms with Crippen molar-refractivity contribution in [1.82, 2.24) is 4.98 Å². The molecular formula is C9H8ClNO2. The van der Waals surface area contributed by atoms with Gasteiger partial charge in [0.15, 0.2) is 0 Å². The van der Waals surface area contributed by atoms with Gasteiger partial charge in [0.1, 0.15) is 10.7 Å². The number of carboxylic acids is 1. The maximum absolute atomic E-state index is 10.9. The average molecular weight is 198 g/mol. The Labute approximate surface area is 80.4 Å². The lowest BCUT2D eigenvalue weighted by Crippen LogP contribution is -2.04. The number of rotatable bonds is 1. The molecule has 0 spiro atoms. The van der Waals surface area contributed by atoms with E-state index in [1.807, 2.05) is 0 Å². The molecule has 0 bridgehead atoms. The predicted molar refractivity (Wildman–Crippen MR) is 48.2 cm³/mol. The summed E-state index contributed by atoms with van der Waals surface area (Å²) < 4.78 is 0. The van der Waals surface area contributed by atoms with Crippen LogP contribution in [-0.2, 0) is 12.8 Å². The van der Waals surface area contributed by atoms with Crippen LogP contribution in [0.2, 0.25) is 5.15 Å². The van der Waals surface area contributed by atoms with Gasteiger partial charge in [-0.15, -0.1) is 0 Å². The zero-order valence-electron chi connectivity index (χ0n) is 6.88. The van der Waals surface area contributed by atoms with E-state index in [0.717, 1.165) is 30.4 Å². The van der Waals surface area contributed by atoms with Crippen LogP contribution < -0.4 is 0 Å². The number of carboxylic acid groups (broad SMARTS) is 1. The molecule has 1 heterocycles. The Morgan fingerprint density at radius 3 is 3.00 bits per heavy atom. The van der Waals surface area contributed by atoms with Gasteiger partial charge in [-0.05, 0) is 30.4 Å². The second kappa shape index (κ2) is 3.00. The highest BCUT2D eigenvalue weighted by atomic mass is 35.5. The third kappa shape index (κ3) is 1.29. The summed E-state index contributed by atoms with van der Waals surface area (Å²) in [6.07, 6.45) is 4.40. The van der Waals surface area contributed by atoms with Gasteiger partial charge in [-0.3, -0.25) is 0 Å². The van der Waals surface area contributed by atoms with Gasteiger partial charge in [0.05, 0.1) is 0 Å². The zero-order chi connectivity index (χ0) is 9.42. The van der Waals surface area contributed by atoms with Crippen molar-refractivity contribution in [3.05, 3.63) is 28.0 Å². The molecule has 0 aromatic carbocycles. The Morgan fingerprint density at radius 1 is 1.54 bits per heavy atom. The fourth-order valence-electron chi connectivity index (χ4n) is 1.74. The largest absolute Gasteiger partial charge is 0.478 e. The highest BCUT2D eigenvalue weighted by Gasteiger charge is 2.22. The van der Waals surface area contributed by atoms with E-state index in [9.17, 15) is 4.79 Å². The van der Waals surface area contributed by atoms with Crippen molar-refractivity contribution in [3.63, 3.8) is 0 Å². The van der Waals surface area contributed by atoms with Gasteiger partial charge in [0.2, 0.25) is 0 Å². The molecule has 0 atom stereocenters. The molecule has 0 aliphatic heterocycles. The van der Waals surface area contributed by atoms with Crippen molar-refractivity contribution in [2.24, 2.45) is 0 Å². The molecule has 0 saturated carbocycles. The Bertz CT molecular complexity index is 376. The number of hydrogen-bond acceptors (Lipinski definition) is 2. The first-order valence-corrected chi connectivity index (χ1v) is 4.47. The van der Waals surface area contributed by atoms with Crippen molar-refractivity contribution in [3.8, 4) is 0 Å². The molecule has 3 nitrogen and oxygen atoms in total. The molecule has 1 aromatic heterocycles. The lowest BCUT2D eigenvalue weighted by molar-refractivity contribution is 0.0695.